The number of rotatable bonds is 5. The molecule has 0 spiro atoms. The predicted molar refractivity (Wildman–Crippen MR) is 143 cm³/mol. The summed E-state index contributed by atoms with van der Waals surface area (Å²) in [6, 6.07) is 11.9. The standard InChI is InChI=1S/C30H23F3N4O3/c1-37-27-8-9-34-17-25(27)24-7-4-18(12-28(24)37)19-11-26(30(31,32)33)29(36-15-19)40-23-13-22(14-23)39-21-6-5-20(35-16-21)3-2-10-38/h4-9,11-12,15-17,22-23,38H,10,13-14H2,1H3/t22-,23-. The summed E-state index contributed by atoms with van der Waals surface area (Å²) in [5.41, 5.74) is 2.43. The molecule has 1 saturated carbocycles. The van der Waals surface area contributed by atoms with Gasteiger partial charge in [0.25, 0.3) is 0 Å². The van der Waals surface area contributed by atoms with E-state index < -0.39 is 23.7 Å². The number of aliphatic hydroxyl groups is 1. The average Bonchev–Trinajstić information content (AvgIpc) is 3.22. The molecular weight excluding hydrogens is 521 g/mol. The zero-order valence-corrected chi connectivity index (χ0v) is 21.3. The van der Waals surface area contributed by atoms with E-state index in [-0.39, 0.29) is 12.7 Å². The van der Waals surface area contributed by atoms with E-state index in [1.807, 2.05) is 29.8 Å². The van der Waals surface area contributed by atoms with Gasteiger partial charge in [-0.2, -0.15) is 13.2 Å². The number of hydrogen-bond donors (Lipinski definition) is 1. The van der Waals surface area contributed by atoms with Gasteiger partial charge in [0.05, 0.1) is 11.7 Å². The quantitative estimate of drug-likeness (QED) is 0.293. The summed E-state index contributed by atoms with van der Waals surface area (Å²) < 4.78 is 55.7. The molecule has 0 bridgehead atoms. The fraction of sp³-hybridized carbons (Fsp3) is 0.233. The summed E-state index contributed by atoms with van der Waals surface area (Å²) in [5.74, 6) is 5.29. The van der Waals surface area contributed by atoms with Crippen molar-refractivity contribution in [3.8, 4) is 34.6 Å². The van der Waals surface area contributed by atoms with E-state index in [2.05, 4.69) is 26.8 Å². The zero-order valence-electron chi connectivity index (χ0n) is 21.3. The molecule has 1 N–H and O–H groups in total. The van der Waals surface area contributed by atoms with Gasteiger partial charge in [-0.3, -0.25) is 4.98 Å². The highest BCUT2D eigenvalue weighted by atomic mass is 19.4. The summed E-state index contributed by atoms with van der Waals surface area (Å²) >= 11 is 0. The molecule has 5 aromatic rings. The van der Waals surface area contributed by atoms with Gasteiger partial charge < -0.3 is 19.1 Å². The molecular formula is C30H23F3N4O3. The molecule has 0 saturated heterocycles. The van der Waals surface area contributed by atoms with Crippen molar-refractivity contribution in [3.05, 3.63) is 78.5 Å². The van der Waals surface area contributed by atoms with E-state index in [0.717, 1.165) is 27.9 Å². The van der Waals surface area contributed by atoms with Gasteiger partial charge in [-0.1, -0.05) is 18.1 Å². The molecule has 1 aliphatic carbocycles. The lowest BCUT2D eigenvalue weighted by atomic mass is 9.92. The second kappa shape index (κ2) is 10.2. The number of aryl methyl sites for hydroxylation is 1. The first-order valence-electron chi connectivity index (χ1n) is 12.6. The lowest BCUT2D eigenvalue weighted by molar-refractivity contribution is -0.140. The highest BCUT2D eigenvalue weighted by molar-refractivity contribution is 6.08. The Bertz CT molecular complexity index is 1770. The molecule has 4 heterocycles. The van der Waals surface area contributed by atoms with Gasteiger partial charge in [-0.05, 0) is 41.8 Å². The van der Waals surface area contributed by atoms with Gasteiger partial charge in [0.2, 0.25) is 5.88 Å². The van der Waals surface area contributed by atoms with Gasteiger partial charge in [0.1, 0.15) is 35.8 Å². The molecule has 0 atom stereocenters. The molecule has 7 nitrogen and oxygen atoms in total. The first-order valence-corrected chi connectivity index (χ1v) is 12.6. The Balaban J connectivity index is 1.18. The first kappa shape index (κ1) is 25.6. The number of alkyl halides is 3. The maximum Gasteiger partial charge on any atom is 0.421 e. The second-order valence-corrected chi connectivity index (χ2v) is 9.55. The topological polar surface area (TPSA) is 82.3 Å². The van der Waals surface area contributed by atoms with E-state index in [4.69, 9.17) is 14.6 Å². The lowest BCUT2D eigenvalue weighted by Crippen LogP contribution is -2.41. The summed E-state index contributed by atoms with van der Waals surface area (Å²) in [6.07, 6.45) is 1.96. The molecule has 1 aliphatic rings. The fourth-order valence-electron chi connectivity index (χ4n) is 4.85. The molecule has 0 aliphatic heterocycles. The minimum Gasteiger partial charge on any atom is -0.489 e. The van der Waals surface area contributed by atoms with Crippen LogP contribution in [0.2, 0.25) is 0 Å². The summed E-state index contributed by atoms with van der Waals surface area (Å²) in [7, 11) is 1.92. The Morgan fingerprint density at radius 2 is 1.75 bits per heavy atom. The summed E-state index contributed by atoms with van der Waals surface area (Å²) in [5, 5.41) is 10.7. The van der Waals surface area contributed by atoms with Gasteiger partial charge in [0, 0.05) is 60.3 Å². The van der Waals surface area contributed by atoms with Gasteiger partial charge >= 0.3 is 6.18 Å². The number of hydrogen-bond acceptors (Lipinski definition) is 6. The SMILES string of the molecule is Cn1c2ccncc2c2ccc(-c3cnc(O[C@H]4C[C@H](Oc5ccc(C#CCO)nc5)C4)c(C(F)(F)F)c3)cc21. The summed E-state index contributed by atoms with van der Waals surface area (Å²) in [6.45, 7) is -0.254. The molecule has 0 amide bonds. The van der Waals surface area contributed by atoms with Crippen LogP contribution in [0.25, 0.3) is 32.9 Å². The van der Waals surface area contributed by atoms with Crippen LogP contribution < -0.4 is 9.47 Å². The zero-order chi connectivity index (χ0) is 27.9. The molecule has 1 aromatic carbocycles. The van der Waals surface area contributed by atoms with Crippen LogP contribution >= 0.6 is 0 Å². The lowest BCUT2D eigenvalue weighted by Gasteiger charge is -2.35. The van der Waals surface area contributed by atoms with Crippen molar-refractivity contribution in [3.63, 3.8) is 0 Å². The highest BCUT2D eigenvalue weighted by Crippen LogP contribution is 2.40. The van der Waals surface area contributed by atoms with Crippen molar-refractivity contribution in [2.24, 2.45) is 7.05 Å². The number of benzene rings is 1. The van der Waals surface area contributed by atoms with Crippen molar-refractivity contribution < 1.29 is 27.8 Å². The average molecular weight is 545 g/mol. The number of aliphatic hydroxyl groups excluding tert-OH is 1. The van der Waals surface area contributed by atoms with Gasteiger partial charge in [0.15, 0.2) is 0 Å². The number of nitrogens with zero attached hydrogens (tertiary/aromatic N) is 4. The first-order chi connectivity index (χ1) is 19.3. The number of ether oxygens (including phenoxy) is 2. The van der Waals surface area contributed by atoms with E-state index in [1.54, 1.807) is 30.6 Å². The predicted octanol–water partition coefficient (Wildman–Crippen LogP) is 5.53. The molecule has 202 valence electrons. The fourth-order valence-corrected chi connectivity index (χ4v) is 4.85. The number of halogens is 3. The Labute approximate surface area is 227 Å². The van der Waals surface area contributed by atoms with Crippen LogP contribution in [0.15, 0.2) is 67.3 Å². The third-order valence-corrected chi connectivity index (χ3v) is 6.96. The molecule has 0 unspecified atom stereocenters. The second-order valence-electron chi connectivity index (χ2n) is 9.55. The van der Waals surface area contributed by atoms with Gasteiger partial charge in [-0.15, -0.1) is 0 Å². The maximum absolute atomic E-state index is 14.1. The minimum absolute atomic E-state index is 0.211. The smallest absolute Gasteiger partial charge is 0.421 e. The molecule has 1 fully saturated rings. The Hall–Kier alpha value is -4.62. The van der Waals surface area contributed by atoms with Crippen LogP contribution in [0, 0.1) is 11.8 Å². The Morgan fingerprint density at radius 1 is 0.925 bits per heavy atom. The van der Waals surface area contributed by atoms with Crippen LogP contribution in [-0.4, -0.2) is 43.4 Å². The van der Waals surface area contributed by atoms with Crippen molar-refractivity contribution in [2.45, 2.75) is 31.2 Å². The molecule has 0 radical (unpaired) electrons. The largest absolute Gasteiger partial charge is 0.489 e. The highest BCUT2D eigenvalue weighted by Gasteiger charge is 2.39. The van der Waals surface area contributed by atoms with Crippen LogP contribution in [0.1, 0.15) is 24.1 Å². The number of pyridine rings is 3. The summed E-state index contributed by atoms with van der Waals surface area (Å²) in [4.78, 5) is 12.4. The van der Waals surface area contributed by atoms with E-state index in [1.165, 1.54) is 12.4 Å². The van der Waals surface area contributed by atoms with Crippen molar-refractivity contribution in [1.82, 2.24) is 19.5 Å². The van der Waals surface area contributed by atoms with E-state index >= 15 is 0 Å². The third kappa shape index (κ3) is 4.92. The number of fused-ring (bicyclic) bond motifs is 3. The Kier molecular flexibility index (Phi) is 6.52. The molecule has 10 heteroatoms. The molecule has 6 rings (SSSR count). The number of aromatic nitrogens is 4. The monoisotopic (exact) mass is 544 g/mol. The molecule has 40 heavy (non-hydrogen) atoms. The van der Waals surface area contributed by atoms with E-state index in [0.29, 0.717) is 35.4 Å². The normalized spacial score (nSPS) is 16.8. The van der Waals surface area contributed by atoms with Crippen LogP contribution in [-0.2, 0) is 13.2 Å². The van der Waals surface area contributed by atoms with Crippen molar-refractivity contribution >= 4 is 21.8 Å². The van der Waals surface area contributed by atoms with Gasteiger partial charge in [-0.25, -0.2) is 9.97 Å². The maximum atomic E-state index is 14.1. The van der Waals surface area contributed by atoms with Crippen LogP contribution in [0.4, 0.5) is 13.2 Å². The third-order valence-electron chi connectivity index (χ3n) is 6.96. The van der Waals surface area contributed by atoms with Crippen molar-refractivity contribution in [1.29, 1.82) is 0 Å². The minimum atomic E-state index is -4.64. The van der Waals surface area contributed by atoms with Crippen LogP contribution in [0.5, 0.6) is 11.6 Å². The molecule has 4 aromatic heterocycles. The van der Waals surface area contributed by atoms with Crippen molar-refractivity contribution in [2.75, 3.05) is 6.61 Å². The Morgan fingerprint density at radius 3 is 2.50 bits per heavy atom. The van der Waals surface area contributed by atoms with Crippen LogP contribution in [0.3, 0.4) is 0 Å². The van der Waals surface area contributed by atoms with E-state index in [9.17, 15) is 13.2 Å².